The zero-order chi connectivity index (χ0) is 24.9. The molecule has 2 aromatic carbocycles. The summed E-state index contributed by atoms with van der Waals surface area (Å²) in [5.74, 6) is 0.480. The maximum Gasteiger partial charge on any atom is 0.322 e. The van der Waals surface area contributed by atoms with Gasteiger partial charge < -0.3 is 15.5 Å². The minimum Gasteiger partial charge on any atom is -0.315 e. The number of para-hydroxylation sites is 1. The quantitative estimate of drug-likeness (QED) is 0.393. The number of carbonyl (C=O) groups is 2. The van der Waals surface area contributed by atoms with Crippen molar-refractivity contribution >= 4 is 39.4 Å². The topological polar surface area (TPSA) is 79.3 Å². The van der Waals surface area contributed by atoms with Crippen LogP contribution in [0.15, 0.2) is 65.1 Å². The van der Waals surface area contributed by atoms with Crippen LogP contribution in [0, 0.1) is 5.92 Å². The molecule has 0 saturated carbocycles. The molecule has 0 saturated heterocycles. The minimum atomic E-state index is -0.321. The molecule has 3 rings (SSSR count). The number of hydrogen-bond acceptors (Lipinski definition) is 3. The average molecular weight is 526 g/mol. The number of nitrogens with zero attached hydrogens (tertiary/aromatic N) is 3. The van der Waals surface area contributed by atoms with Crippen LogP contribution in [0.2, 0.25) is 0 Å². The summed E-state index contributed by atoms with van der Waals surface area (Å²) >= 11 is 3.39. The number of amides is 3. The SMILES string of the molecule is CC(C)CN(CC(=O)Nc1cc(C(C)(C)C)nn1-c1ccccc1)C(=O)Nc1ccc(Br)cc1. The molecule has 0 fully saturated rings. The van der Waals surface area contributed by atoms with Crippen LogP contribution < -0.4 is 10.6 Å². The predicted molar refractivity (Wildman–Crippen MR) is 140 cm³/mol. The van der Waals surface area contributed by atoms with Crippen LogP contribution in [0.1, 0.15) is 40.3 Å². The van der Waals surface area contributed by atoms with Crippen molar-refractivity contribution in [3.05, 3.63) is 70.8 Å². The van der Waals surface area contributed by atoms with Crippen LogP contribution in [0.4, 0.5) is 16.3 Å². The van der Waals surface area contributed by atoms with Crippen LogP contribution >= 0.6 is 15.9 Å². The third-order valence-corrected chi connectivity index (χ3v) is 5.58. The monoisotopic (exact) mass is 525 g/mol. The molecule has 0 atom stereocenters. The number of aromatic nitrogens is 2. The maximum absolute atomic E-state index is 13.1. The predicted octanol–water partition coefficient (Wildman–Crippen LogP) is 6.06. The van der Waals surface area contributed by atoms with Crippen molar-refractivity contribution in [3.8, 4) is 5.69 Å². The van der Waals surface area contributed by atoms with Crippen molar-refractivity contribution in [2.24, 2.45) is 5.92 Å². The molecule has 8 heteroatoms. The second kappa shape index (κ2) is 10.9. The smallest absolute Gasteiger partial charge is 0.315 e. The van der Waals surface area contributed by atoms with E-state index >= 15 is 0 Å². The molecular formula is C26H32BrN5O2. The highest BCUT2D eigenvalue weighted by Crippen LogP contribution is 2.26. The summed E-state index contributed by atoms with van der Waals surface area (Å²) in [6, 6.07) is 18.6. The third-order valence-electron chi connectivity index (χ3n) is 5.05. The average Bonchev–Trinajstić information content (AvgIpc) is 3.19. The van der Waals surface area contributed by atoms with E-state index in [1.807, 2.05) is 74.5 Å². The van der Waals surface area contributed by atoms with Gasteiger partial charge in [-0.15, -0.1) is 0 Å². The van der Waals surface area contributed by atoms with E-state index in [0.29, 0.717) is 18.1 Å². The summed E-state index contributed by atoms with van der Waals surface area (Å²) in [6.07, 6.45) is 0. The second-order valence-corrected chi connectivity index (χ2v) is 10.6. The molecule has 3 amide bonds. The molecule has 0 aliphatic carbocycles. The van der Waals surface area contributed by atoms with E-state index in [1.165, 1.54) is 4.90 Å². The van der Waals surface area contributed by atoms with Gasteiger partial charge in [-0.25, -0.2) is 9.48 Å². The number of halogens is 1. The Morgan fingerprint density at radius 3 is 2.26 bits per heavy atom. The van der Waals surface area contributed by atoms with Gasteiger partial charge in [-0.2, -0.15) is 5.10 Å². The number of nitrogens with one attached hydrogen (secondary N) is 2. The van der Waals surface area contributed by atoms with Gasteiger partial charge in [-0.3, -0.25) is 4.79 Å². The number of anilines is 2. The minimum absolute atomic E-state index is 0.0780. The van der Waals surface area contributed by atoms with Crippen LogP contribution in [-0.4, -0.2) is 39.7 Å². The zero-order valence-corrected chi connectivity index (χ0v) is 21.9. The highest BCUT2D eigenvalue weighted by atomic mass is 79.9. The van der Waals surface area contributed by atoms with Gasteiger partial charge in [0.25, 0.3) is 0 Å². The Morgan fingerprint density at radius 2 is 1.68 bits per heavy atom. The fourth-order valence-corrected chi connectivity index (χ4v) is 3.62. The van der Waals surface area contributed by atoms with Crippen molar-refractivity contribution < 1.29 is 9.59 Å². The molecular weight excluding hydrogens is 494 g/mol. The van der Waals surface area contributed by atoms with Crippen LogP contribution in [-0.2, 0) is 10.2 Å². The first-order valence-electron chi connectivity index (χ1n) is 11.3. The van der Waals surface area contributed by atoms with Crippen molar-refractivity contribution in [2.45, 2.75) is 40.0 Å². The van der Waals surface area contributed by atoms with Crippen molar-refractivity contribution in [3.63, 3.8) is 0 Å². The largest absolute Gasteiger partial charge is 0.322 e. The number of urea groups is 1. The summed E-state index contributed by atoms with van der Waals surface area (Å²) in [4.78, 5) is 27.5. The molecule has 0 unspecified atom stereocenters. The van der Waals surface area contributed by atoms with E-state index in [9.17, 15) is 9.59 Å². The molecule has 34 heavy (non-hydrogen) atoms. The molecule has 180 valence electrons. The Hall–Kier alpha value is -3.13. The van der Waals surface area contributed by atoms with E-state index in [-0.39, 0.29) is 29.8 Å². The number of rotatable bonds is 7. The molecule has 0 aliphatic rings. The Bertz CT molecular complexity index is 1120. The third kappa shape index (κ3) is 6.93. The van der Waals surface area contributed by atoms with Crippen LogP contribution in [0.3, 0.4) is 0 Å². The summed E-state index contributed by atoms with van der Waals surface area (Å²) in [6.45, 7) is 10.6. The standard InChI is InChI=1S/C26H32BrN5O2/c1-18(2)16-31(25(34)28-20-13-11-19(27)12-14-20)17-24(33)29-23-15-22(26(3,4)5)30-32(23)21-9-7-6-8-10-21/h6-15,18H,16-17H2,1-5H3,(H,28,34)(H,29,33). The molecule has 0 bridgehead atoms. The molecule has 0 aliphatic heterocycles. The zero-order valence-electron chi connectivity index (χ0n) is 20.3. The first-order chi connectivity index (χ1) is 16.0. The van der Waals surface area contributed by atoms with Gasteiger partial charge in [0.05, 0.1) is 11.4 Å². The summed E-state index contributed by atoms with van der Waals surface area (Å²) in [5, 5.41) is 10.6. The Kier molecular flexibility index (Phi) is 8.15. The van der Waals surface area contributed by atoms with Gasteiger partial charge in [0.15, 0.2) is 0 Å². The van der Waals surface area contributed by atoms with Gasteiger partial charge in [0.2, 0.25) is 5.91 Å². The van der Waals surface area contributed by atoms with E-state index in [4.69, 9.17) is 5.10 Å². The second-order valence-electron chi connectivity index (χ2n) is 9.67. The molecule has 0 spiro atoms. The Balaban J connectivity index is 1.79. The summed E-state index contributed by atoms with van der Waals surface area (Å²) < 4.78 is 2.65. The molecule has 7 nitrogen and oxygen atoms in total. The van der Waals surface area contributed by atoms with Crippen molar-refractivity contribution in [1.29, 1.82) is 0 Å². The highest BCUT2D eigenvalue weighted by molar-refractivity contribution is 9.10. The first-order valence-corrected chi connectivity index (χ1v) is 12.1. The normalized spacial score (nSPS) is 11.4. The lowest BCUT2D eigenvalue weighted by Crippen LogP contribution is -2.42. The maximum atomic E-state index is 13.1. The summed E-state index contributed by atoms with van der Waals surface area (Å²) in [7, 11) is 0. The van der Waals surface area contributed by atoms with Gasteiger partial charge in [0.1, 0.15) is 12.4 Å². The lowest BCUT2D eigenvalue weighted by Gasteiger charge is -2.24. The number of carbonyl (C=O) groups excluding carboxylic acids is 2. The number of hydrogen-bond donors (Lipinski definition) is 2. The first kappa shape index (κ1) is 25.5. The van der Waals surface area contributed by atoms with Crippen molar-refractivity contribution in [1.82, 2.24) is 14.7 Å². The van der Waals surface area contributed by atoms with Gasteiger partial charge in [0, 0.05) is 28.2 Å². The van der Waals surface area contributed by atoms with E-state index < -0.39 is 0 Å². The Labute approximate surface area is 209 Å². The fraction of sp³-hybridized carbons (Fsp3) is 0.346. The van der Waals surface area contributed by atoms with Crippen molar-refractivity contribution in [2.75, 3.05) is 23.7 Å². The highest BCUT2D eigenvalue weighted by Gasteiger charge is 2.23. The van der Waals surface area contributed by atoms with Gasteiger partial charge >= 0.3 is 6.03 Å². The van der Waals surface area contributed by atoms with Gasteiger partial charge in [-0.05, 0) is 42.3 Å². The lowest BCUT2D eigenvalue weighted by atomic mass is 9.92. The number of benzene rings is 2. The van der Waals surface area contributed by atoms with Crippen LogP contribution in [0.25, 0.3) is 5.69 Å². The summed E-state index contributed by atoms with van der Waals surface area (Å²) in [5.41, 5.74) is 2.19. The molecule has 2 N–H and O–H groups in total. The van der Waals surface area contributed by atoms with E-state index in [0.717, 1.165) is 15.9 Å². The van der Waals surface area contributed by atoms with Gasteiger partial charge in [-0.1, -0.05) is 68.7 Å². The van der Waals surface area contributed by atoms with E-state index in [1.54, 1.807) is 4.68 Å². The lowest BCUT2D eigenvalue weighted by molar-refractivity contribution is -0.116. The Morgan fingerprint density at radius 1 is 1.03 bits per heavy atom. The molecule has 0 radical (unpaired) electrons. The fourth-order valence-electron chi connectivity index (χ4n) is 3.35. The molecule has 1 heterocycles. The molecule has 1 aromatic heterocycles. The molecule has 3 aromatic rings. The van der Waals surface area contributed by atoms with Crippen LogP contribution in [0.5, 0.6) is 0 Å². The van der Waals surface area contributed by atoms with E-state index in [2.05, 4.69) is 47.3 Å².